The van der Waals surface area contributed by atoms with E-state index in [1.165, 1.54) is 13.1 Å². The van der Waals surface area contributed by atoms with E-state index in [2.05, 4.69) is 5.32 Å². The fourth-order valence-corrected chi connectivity index (χ4v) is 5.44. The monoisotopic (exact) mass is 488 g/mol. The van der Waals surface area contributed by atoms with Crippen LogP contribution in [0.4, 0.5) is 29.3 Å². The Morgan fingerprint density at radius 3 is 2.51 bits per heavy atom. The highest BCUT2D eigenvalue weighted by Crippen LogP contribution is 2.47. The van der Waals surface area contributed by atoms with Gasteiger partial charge in [-0.2, -0.15) is 13.2 Å². The van der Waals surface area contributed by atoms with Gasteiger partial charge in [0.1, 0.15) is 5.75 Å². The van der Waals surface area contributed by atoms with Gasteiger partial charge in [0.05, 0.1) is 24.4 Å². The van der Waals surface area contributed by atoms with Gasteiger partial charge in [-0.05, 0) is 42.3 Å². The maximum absolute atomic E-state index is 13.6. The fraction of sp³-hybridized carbons (Fsp3) is 0.375. The number of hydrogen-bond acceptors (Lipinski definition) is 6. The predicted octanol–water partition coefficient (Wildman–Crippen LogP) is 2.66. The van der Waals surface area contributed by atoms with Crippen molar-refractivity contribution in [3.8, 4) is 5.75 Å². The smallest absolute Gasteiger partial charge is 0.416 e. The first kappa shape index (κ1) is 23.0. The molecule has 0 aromatic heterocycles. The number of para-hydroxylation sites is 2. The van der Waals surface area contributed by atoms with Crippen molar-refractivity contribution < 1.29 is 32.3 Å². The molecule has 2 aromatic carbocycles. The number of ether oxygens (including phenoxy) is 1. The number of fused-ring (bicyclic) bond motifs is 4. The molecule has 0 aliphatic carbocycles. The third-order valence-corrected chi connectivity index (χ3v) is 7.18. The zero-order valence-corrected chi connectivity index (χ0v) is 19.1. The molecule has 3 aliphatic rings. The number of benzene rings is 2. The van der Waals surface area contributed by atoms with Gasteiger partial charge in [0.25, 0.3) is 0 Å². The topological polar surface area (TPSA) is 82.2 Å². The first-order valence-electron chi connectivity index (χ1n) is 11.1. The van der Waals surface area contributed by atoms with Crippen LogP contribution in [0.3, 0.4) is 0 Å². The summed E-state index contributed by atoms with van der Waals surface area (Å²) in [6.45, 7) is 1.06. The molecule has 2 atom stereocenters. The van der Waals surface area contributed by atoms with Crippen molar-refractivity contribution in [2.24, 2.45) is 5.41 Å². The molecule has 2 aromatic rings. The lowest BCUT2D eigenvalue weighted by atomic mass is 9.67. The van der Waals surface area contributed by atoms with Gasteiger partial charge in [0, 0.05) is 32.4 Å². The van der Waals surface area contributed by atoms with Gasteiger partial charge >= 0.3 is 12.2 Å². The molecule has 11 heteroatoms. The van der Waals surface area contributed by atoms with Crippen LogP contribution in [0, 0.1) is 5.41 Å². The summed E-state index contributed by atoms with van der Waals surface area (Å²) in [5.41, 5.74) is -1.07. The van der Waals surface area contributed by atoms with Gasteiger partial charge in [-0.1, -0.05) is 12.1 Å². The number of anilines is 2. The summed E-state index contributed by atoms with van der Waals surface area (Å²) >= 11 is 0. The van der Waals surface area contributed by atoms with Crippen LogP contribution in [0.2, 0.25) is 0 Å². The summed E-state index contributed by atoms with van der Waals surface area (Å²) in [6.07, 6.45) is -4.83. The van der Waals surface area contributed by atoms with Crippen molar-refractivity contribution in [3.63, 3.8) is 0 Å². The van der Waals surface area contributed by atoms with E-state index in [1.807, 2.05) is 28.0 Å². The summed E-state index contributed by atoms with van der Waals surface area (Å²) in [5.74, 6) is -0.913. The number of rotatable bonds is 2. The van der Waals surface area contributed by atoms with Crippen LogP contribution in [0.25, 0.3) is 0 Å². The largest absolute Gasteiger partial charge is 0.495 e. The lowest BCUT2D eigenvalue weighted by Gasteiger charge is -2.55. The number of carbonyl (C=O) groups excluding carboxylic acids is 3. The Balaban J connectivity index is 1.64. The van der Waals surface area contributed by atoms with Crippen LogP contribution in [-0.2, 0) is 22.2 Å². The van der Waals surface area contributed by atoms with Gasteiger partial charge in [-0.25, -0.2) is 4.79 Å². The molecule has 184 valence electrons. The number of methoxy groups -OCH3 is 1. The van der Waals surface area contributed by atoms with E-state index < -0.39 is 41.0 Å². The fourth-order valence-electron chi connectivity index (χ4n) is 5.44. The standard InChI is InChI=1S/C24H23F3N4O4/c1-29-21(33)23(20(32)28-22(29)34)12-14-11-15(24(25,26)27)7-8-16(14)31-10-9-30(13-19(23)31)17-5-3-4-6-18(17)35-2/h3-8,11,19H,9-10,12-13H2,1-2H3,(H,28,32,34). The van der Waals surface area contributed by atoms with E-state index in [0.29, 0.717) is 24.5 Å². The number of halogens is 3. The summed E-state index contributed by atoms with van der Waals surface area (Å²) in [7, 11) is 2.81. The van der Waals surface area contributed by atoms with E-state index in [1.54, 1.807) is 13.2 Å². The average molecular weight is 488 g/mol. The second-order valence-corrected chi connectivity index (χ2v) is 8.94. The molecule has 0 radical (unpaired) electrons. The maximum Gasteiger partial charge on any atom is 0.416 e. The predicted molar refractivity (Wildman–Crippen MR) is 120 cm³/mol. The Morgan fingerprint density at radius 1 is 1.06 bits per heavy atom. The number of imide groups is 2. The SMILES string of the molecule is COc1ccccc1N1CCN2c3ccc(C(F)(F)F)cc3CC3(C(=O)NC(=O)N(C)C3=O)C2C1. The average Bonchev–Trinajstić information content (AvgIpc) is 2.85. The van der Waals surface area contributed by atoms with E-state index in [0.717, 1.165) is 22.7 Å². The molecule has 8 nitrogen and oxygen atoms in total. The summed E-state index contributed by atoms with van der Waals surface area (Å²) < 4.78 is 45.9. The first-order chi connectivity index (χ1) is 16.6. The van der Waals surface area contributed by atoms with Crippen LogP contribution in [0.15, 0.2) is 42.5 Å². The van der Waals surface area contributed by atoms with Gasteiger partial charge in [-0.15, -0.1) is 0 Å². The minimum absolute atomic E-state index is 0.224. The summed E-state index contributed by atoms with van der Waals surface area (Å²) in [5, 5.41) is 2.24. The third kappa shape index (κ3) is 3.40. The molecule has 1 N–H and O–H groups in total. The molecule has 1 spiro atoms. The Kier molecular flexibility index (Phi) is 5.19. The molecule has 2 unspecified atom stereocenters. The van der Waals surface area contributed by atoms with Gasteiger partial charge < -0.3 is 14.5 Å². The number of barbiturate groups is 1. The molecular weight excluding hydrogens is 465 g/mol. The van der Waals surface area contributed by atoms with Crippen LogP contribution in [-0.4, -0.2) is 62.6 Å². The van der Waals surface area contributed by atoms with Gasteiger partial charge in [-0.3, -0.25) is 19.8 Å². The lowest BCUT2D eigenvalue weighted by Crippen LogP contribution is -2.74. The highest BCUT2D eigenvalue weighted by Gasteiger charge is 2.62. The van der Waals surface area contributed by atoms with E-state index >= 15 is 0 Å². The Bertz CT molecular complexity index is 1230. The van der Waals surface area contributed by atoms with Crippen molar-refractivity contribution in [1.29, 1.82) is 0 Å². The summed E-state index contributed by atoms with van der Waals surface area (Å²) in [6, 6.07) is 9.17. The molecule has 3 heterocycles. The third-order valence-electron chi connectivity index (χ3n) is 7.18. The van der Waals surface area contributed by atoms with Gasteiger partial charge in [0.2, 0.25) is 11.8 Å². The Hall–Kier alpha value is -3.76. The molecule has 2 fully saturated rings. The molecule has 35 heavy (non-hydrogen) atoms. The van der Waals surface area contributed by atoms with Crippen LogP contribution in [0.5, 0.6) is 5.75 Å². The quantitative estimate of drug-likeness (QED) is 0.655. The molecular formula is C24H23F3N4O4. The molecule has 2 saturated heterocycles. The highest BCUT2D eigenvalue weighted by molar-refractivity contribution is 6.20. The van der Waals surface area contributed by atoms with Crippen molar-refractivity contribution in [3.05, 3.63) is 53.6 Å². The number of alkyl halides is 3. The maximum atomic E-state index is 13.6. The van der Waals surface area contributed by atoms with Crippen molar-refractivity contribution in [1.82, 2.24) is 10.2 Å². The zero-order chi connectivity index (χ0) is 25.1. The second kappa shape index (κ2) is 7.89. The lowest BCUT2D eigenvalue weighted by molar-refractivity contribution is -0.152. The van der Waals surface area contributed by atoms with Crippen LogP contribution in [0.1, 0.15) is 11.1 Å². The van der Waals surface area contributed by atoms with E-state index in [9.17, 15) is 27.6 Å². The second-order valence-electron chi connectivity index (χ2n) is 8.94. The van der Waals surface area contributed by atoms with Crippen molar-refractivity contribution in [2.75, 3.05) is 43.6 Å². The number of nitrogens with zero attached hydrogens (tertiary/aromatic N) is 3. The Labute approximate surface area is 199 Å². The molecule has 5 rings (SSSR count). The number of carbonyl (C=O) groups is 3. The molecule has 0 bridgehead atoms. The van der Waals surface area contributed by atoms with Crippen molar-refractivity contribution in [2.45, 2.75) is 18.6 Å². The number of hydrogen-bond donors (Lipinski definition) is 1. The number of amides is 4. The number of nitrogens with one attached hydrogen (secondary N) is 1. The van der Waals surface area contributed by atoms with Crippen LogP contribution >= 0.6 is 0 Å². The minimum Gasteiger partial charge on any atom is -0.495 e. The summed E-state index contributed by atoms with van der Waals surface area (Å²) in [4.78, 5) is 43.8. The zero-order valence-electron chi connectivity index (χ0n) is 19.1. The molecule has 4 amide bonds. The first-order valence-corrected chi connectivity index (χ1v) is 11.1. The minimum atomic E-state index is -4.58. The van der Waals surface area contributed by atoms with Crippen molar-refractivity contribution >= 4 is 29.2 Å². The number of urea groups is 1. The molecule has 3 aliphatic heterocycles. The van der Waals surface area contributed by atoms with Gasteiger partial charge in [0.15, 0.2) is 5.41 Å². The normalized spacial score (nSPS) is 24.3. The molecule has 0 saturated carbocycles. The number of piperazine rings is 1. The van der Waals surface area contributed by atoms with E-state index in [-0.39, 0.29) is 18.5 Å². The highest BCUT2D eigenvalue weighted by atomic mass is 19.4. The van der Waals surface area contributed by atoms with E-state index in [4.69, 9.17) is 4.74 Å². The Morgan fingerprint density at radius 2 is 1.80 bits per heavy atom. The van der Waals surface area contributed by atoms with Crippen LogP contribution < -0.4 is 19.9 Å².